The molecule has 3 rings (SSSR count). The predicted octanol–water partition coefficient (Wildman–Crippen LogP) is 3.30. The van der Waals surface area contributed by atoms with Crippen LogP contribution < -0.4 is 10.6 Å². The minimum Gasteiger partial charge on any atom is -0.368 e. The summed E-state index contributed by atoms with van der Waals surface area (Å²) in [6.07, 6.45) is 1.16. The normalized spacial score (nSPS) is 19.2. The maximum absolute atomic E-state index is 5.89. The molecule has 2 N–H and O–H groups in total. The molecule has 0 aliphatic carbocycles. The number of thioether (sulfide) groups is 1. The van der Waals surface area contributed by atoms with Crippen LogP contribution in [0.5, 0.6) is 0 Å². The summed E-state index contributed by atoms with van der Waals surface area (Å²) in [6.45, 7) is 8.79. The summed E-state index contributed by atoms with van der Waals surface area (Å²) >= 11 is 3.73. The summed E-state index contributed by atoms with van der Waals surface area (Å²) in [4.78, 5) is 13.5. The zero-order valence-electron chi connectivity index (χ0n) is 12.1. The Morgan fingerprint density at radius 2 is 2.10 bits per heavy atom. The van der Waals surface area contributed by atoms with Gasteiger partial charge in [-0.2, -0.15) is 16.7 Å². The van der Waals surface area contributed by atoms with Gasteiger partial charge in [-0.1, -0.05) is 13.8 Å². The molecule has 3 heterocycles. The molecule has 20 heavy (non-hydrogen) atoms. The van der Waals surface area contributed by atoms with Crippen LogP contribution in [0.4, 0.5) is 11.8 Å². The first-order valence-electron chi connectivity index (χ1n) is 6.87. The van der Waals surface area contributed by atoms with E-state index in [-0.39, 0.29) is 0 Å². The summed E-state index contributed by atoms with van der Waals surface area (Å²) in [5, 5.41) is 1.14. The first kappa shape index (κ1) is 13.9. The van der Waals surface area contributed by atoms with E-state index in [1.165, 1.54) is 4.88 Å². The molecule has 4 nitrogen and oxygen atoms in total. The number of rotatable bonds is 1. The first-order valence-corrected chi connectivity index (χ1v) is 8.67. The Morgan fingerprint density at radius 1 is 1.30 bits per heavy atom. The smallest absolute Gasteiger partial charge is 0.223 e. The van der Waals surface area contributed by atoms with Gasteiger partial charge in [0.15, 0.2) is 0 Å². The number of nitrogens with zero attached hydrogens (tertiary/aromatic N) is 3. The van der Waals surface area contributed by atoms with E-state index in [1.807, 2.05) is 11.8 Å². The second-order valence-corrected chi connectivity index (χ2v) is 8.86. The highest BCUT2D eigenvalue weighted by Crippen LogP contribution is 2.35. The molecule has 108 valence electrons. The molecule has 1 aliphatic heterocycles. The van der Waals surface area contributed by atoms with E-state index in [0.717, 1.165) is 41.3 Å². The van der Waals surface area contributed by atoms with E-state index in [2.05, 4.69) is 41.7 Å². The van der Waals surface area contributed by atoms with Gasteiger partial charge >= 0.3 is 0 Å². The van der Waals surface area contributed by atoms with Gasteiger partial charge in [0.2, 0.25) is 5.95 Å². The zero-order valence-corrected chi connectivity index (χ0v) is 13.8. The number of hydrogen-bond acceptors (Lipinski definition) is 6. The highest BCUT2D eigenvalue weighted by atomic mass is 32.2. The molecular formula is C14H20N4S2. The van der Waals surface area contributed by atoms with Gasteiger partial charge in [0.05, 0.1) is 5.39 Å². The van der Waals surface area contributed by atoms with Gasteiger partial charge in [-0.05, 0) is 19.4 Å². The topological polar surface area (TPSA) is 55.0 Å². The third kappa shape index (κ3) is 2.72. The number of thiophene rings is 1. The Kier molecular flexibility index (Phi) is 3.54. The van der Waals surface area contributed by atoms with Crippen molar-refractivity contribution in [3.63, 3.8) is 0 Å². The van der Waals surface area contributed by atoms with Crippen LogP contribution in [-0.2, 0) is 0 Å². The van der Waals surface area contributed by atoms with Crippen LogP contribution in [0.25, 0.3) is 10.2 Å². The Hall–Kier alpha value is -1.01. The van der Waals surface area contributed by atoms with Crippen molar-refractivity contribution in [3.05, 3.63) is 10.9 Å². The van der Waals surface area contributed by atoms with Crippen molar-refractivity contribution in [3.8, 4) is 0 Å². The van der Waals surface area contributed by atoms with Gasteiger partial charge in [0.1, 0.15) is 10.6 Å². The Labute approximate surface area is 127 Å². The molecule has 2 aromatic rings. The van der Waals surface area contributed by atoms with E-state index in [9.17, 15) is 0 Å². The fraction of sp³-hybridized carbons (Fsp3) is 0.571. The van der Waals surface area contributed by atoms with E-state index in [0.29, 0.717) is 10.7 Å². The Balaban J connectivity index is 2.00. The lowest BCUT2D eigenvalue weighted by Gasteiger charge is -2.24. The van der Waals surface area contributed by atoms with Gasteiger partial charge in [-0.25, -0.2) is 4.98 Å². The van der Waals surface area contributed by atoms with Crippen molar-refractivity contribution in [2.75, 3.05) is 29.5 Å². The van der Waals surface area contributed by atoms with E-state index in [4.69, 9.17) is 5.73 Å². The van der Waals surface area contributed by atoms with Crippen LogP contribution in [-0.4, -0.2) is 33.6 Å². The van der Waals surface area contributed by atoms with Crippen molar-refractivity contribution >= 4 is 45.1 Å². The molecule has 2 aromatic heterocycles. The Bertz CT molecular complexity index is 635. The molecular weight excluding hydrogens is 288 g/mol. The van der Waals surface area contributed by atoms with Gasteiger partial charge in [-0.3, -0.25) is 0 Å². The summed E-state index contributed by atoms with van der Waals surface area (Å²) in [5.41, 5.74) is 5.89. The molecule has 0 aromatic carbocycles. The van der Waals surface area contributed by atoms with Crippen LogP contribution >= 0.6 is 23.1 Å². The third-order valence-electron chi connectivity index (χ3n) is 3.65. The van der Waals surface area contributed by atoms with Gasteiger partial charge in [-0.15, -0.1) is 11.3 Å². The van der Waals surface area contributed by atoms with E-state index in [1.54, 1.807) is 11.3 Å². The number of nitrogen functional groups attached to an aromatic ring is 1. The maximum Gasteiger partial charge on any atom is 0.223 e. The average molecular weight is 308 g/mol. The quantitative estimate of drug-likeness (QED) is 0.876. The fourth-order valence-corrected chi connectivity index (χ4v) is 4.50. The van der Waals surface area contributed by atoms with Crippen molar-refractivity contribution in [1.82, 2.24) is 9.97 Å². The lowest BCUT2D eigenvalue weighted by molar-refractivity contribution is 0.636. The summed E-state index contributed by atoms with van der Waals surface area (Å²) in [6, 6.07) is 2.18. The molecule has 0 spiro atoms. The van der Waals surface area contributed by atoms with Crippen LogP contribution in [0, 0.1) is 6.92 Å². The largest absolute Gasteiger partial charge is 0.368 e. The third-order valence-corrected chi connectivity index (χ3v) is 5.97. The van der Waals surface area contributed by atoms with E-state index < -0.39 is 0 Å². The number of aromatic nitrogens is 2. The summed E-state index contributed by atoms with van der Waals surface area (Å²) in [5.74, 6) is 2.52. The highest BCUT2D eigenvalue weighted by Gasteiger charge is 2.25. The van der Waals surface area contributed by atoms with Gasteiger partial charge in [0, 0.05) is 28.5 Å². The molecule has 0 atom stereocenters. The minimum atomic E-state index is 0.344. The second kappa shape index (κ2) is 5.07. The summed E-state index contributed by atoms with van der Waals surface area (Å²) < 4.78 is 0.344. The molecule has 1 aliphatic rings. The van der Waals surface area contributed by atoms with E-state index >= 15 is 0 Å². The molecule has 0 bridgehead atoms. The highest BCUT2D eigenvalue weighted by molar-refractivity contribution is 8.00. The number of anilines is 2. The lowest BCUT2D eigenvalue weighted by atomic mass is 10.1. The molecule has 1 fully saturated rings. The molecule has 0 radical (unpaired) electrons. The van der Waals surface area contributed by atoms with Crippen LogP contribution in [0.1, 0.15) is 25.1 Å². The fourth-order valence-electron chi connectivity index (χ4n) is 2.52. The molecule has 0 saturated carbocycles. The standard InChI is InChI=1S/C14H20N4S2/c1-9-8-10-11(16-13(15)17-12(10)20-9)18-5-4-14(2,3)19-7-6-18/h8H,4-7H2,1-3H3,(H2,15,16,17). The monoisotopic (exact) mass is 308 g/mol. The first-order chi connectivity index (χ1) is 9.44. The van der Waals surface area contributed by atoms with Gasteiger partial charge in [0.25, 0.3) is 0 Å². The number of hydrogen-bond donors (Lipinski definition) is 1. The zero-order chi connectivity index (χ0) is 14.3. The average Bonchev–Trinajstić information content (AvgIpc) is 2.62. The molecule has 0 amide bonds. The van der Waals surface area contributed by atoms with Crippen LogP contribution in [0.15, 0.2) is 6.07 Å². The molecule has 1 saturated heterocycles. The van der Waals surface area contributed by atoms with Crippen molar-refractivity contribution < 1.29 is 0 Å². The minimum absolute atomic E-state index is 0.344. The molecule has 6 heteroatoms. The number of nitrogens with two attached hydrogens (primary N) is 1. The number of fused-ring (bicyclic) bond motifs is 1. The summed E-state index contributed by atoms with van der Waals surface area (Å²) in [7, 11) is 0. The maximum atomic E-state index is 5.89. The Morgan fingerprint density at radius 3 is 2.90 bits per heavy atom. The lowest BCUT2D eigenvalue weighted by Crippen LogP contribution is -2.28. The SMILES string of the molecule is Cc1cc2c(N3CCSC(C)(C)CC3)nc(N)nc2s1. The number of aryl methyl sites for hydroxylation is 1. The van der Waals surface area contributed by atoms with Crippen LogP contribution in [0.2, 0.25) is 0 Å². The van der Waals surface area contributed by atoms with Crippen molar-refractivity contribution in [2.24, 2.45) is 0 Å². The van der Waals surface area contributed by atoms with Gasteiger partial charge < -0.3 is 10.6 Å². The molecule has 0 unspecified atom stereocenters. The van der Waals surface area contributed by atoms with Crippen LogP contribution in [0.3, 0.4) is 0 Å². The predicted molar refractivity (Wildman–Crippen MR) is 89.9 cm³/mol. The van der Waals surface area contributed by atoms with Crippen molar-refractivity contribution in [1.29, 1.82) is 0 Å². The second-order valence-electron chi connectivity index (χ2n) is 5.83. The van der Waals surface area contributed by atoms with Crippen molar-refractivity contribution in [2.45, 2.75) is 31.9 Å².